The molecule has 1 unspecified atom stereocenters. The topological polar surface area (TPSA) is 58.6 Å². The van der Waals surface area contributed by atoms with Crippen molar-refractivity contribution in [1.82, 2.24) is 10.2 Å². The van der Waals surface area contributed by atoms with Gasteiger partial charge < -0.3 is 15.0 Å². The molecule has 3 rings (SSSR count). The van der Waals surface area contributed by atoms with Gasteiger partial charge in [0.05, 0.1) is 5.56 Å². The Kier molecular flexibility index (Phi) is 5.37. The number of hydrogen-bond donors (Lipinski definition) is 1. The van der Waals surface area contributed by atoms with Crippen LogP contribution in [-0.2, 0) is 4.79 Å². The summed E-state index contributed by atoms with van der Waals surface area (Å²) in [7, 11) is 0. The van der Waals surface area contributed by atoms with E-state index in [0.29, 0.717) is 16.9 Å². The molecule has 1 aliphatic heterocycles. The smallest absolute Gasteiger partial charge is 0.258 e. The number of nitrogens with zero attached hydrogens (tertiary/aromatic N) is 1. The Hall–Kier alpha value is -1.95. The second-order valence-corrected chi connectivity index (χ2v) is 6.93. The van der Waals surface area contributed by atoms with Crippen molar-refractivity contribution in [2.75, 3.05) is 26.2 Å². The van der Waals surface area contributed by atoms with Crippen LogP contribution in [0, 0.1) is 5.82 Å². The Morgan fingerprint density at radius 1 is 1.36 bits per heavy atom. The lowest BCUT2D eigenvalue weighted by Gasteiger charge is -2.31. The number of likely N-dealkylation sites (tertiary alicyclic amines) is 1. The molecule has 1 aromatic rings. The zero-order valence-corrected chi connectivity index (χ0v) is 14.8. The first kappa shape index (κ1) is 17.9. The van der Waals surface area contributed by atoms with Gasteiger partial charge in [0, 0.05) is 31.1 Å². The number of ketones is 1. The van der Waals surface area contributed by atoms with E-state index in [1.165, 1.54) is 12.1 Å². The molecule has 0 aromatic heterocycles. The number of rotatable bonds is 5. The Morgan fingerprint density at radius 2 is 2.08 bits per heavy atom. The molecule has 0 radical (unpaired) electrons. The van der Waals surface area contributed by atoms with Crippen molar-refractivity contribution in [3.63, 3.8) is 0 Å². The van der Waals surface area contributed by atoms with Crippen LogP contribution in [-0.4, -0.2) is 48.9 Å². The van der Waals surface area contributed by atoms with Crippen molar-refractivity contribution in [3.8, 4) is 5.75 Å². The van der Waals surface area contributed by atoms with Gasteiger partial charge in [0.2, 0.25) is 0 Å². The number of ether oxygens (including phenoxy) is 1. The van der Waals surface area contributed by atoms with E-state index >= 15 is 0 Å². The first-order valence-electron chi connectivity index (χ1n) is 8.99. The third kappa shape index (κ3) is 3.84. The maximum atomic E-state index is 14.0. The second kappa shape index (κ2) is 7.52. The number of piperidine rings is 1. The predicted molar refractivity (Wildman–Crippen MR) is 92.5 cm³/mol. The van der Waals surface area contributed by atoms with E-state index in [-0.39, 0.29) is 42.5 Å². The lowest BCUT2D eigenvalue weighted by molar-refractivity contribution is -0.124. The number of benzene rings is 1. The quantitative estimate of drug-likeness (QED) is 0.888. The van der Waals surface area contributed by atoms with Gasteiger partial charge in [-0.25, -0.2) is 4.39 Å². The van der Waals surface area contributed by atoms with Gasteiger partial charge in [0.25, 0.3) is 5.91 Å². The van der Waals surface area contributed by atoms with Crippen molar-refractivity contribution < 1.29 is 18.7 Å². The largest absolute Gasteiger partial charge is 0.483 e. The van der Waals surface area contributed by atoms with Crippen LogP contribution >= 0.6 is 0 Å². The van der Waals surface area contributed by atoms with Gasteiger partial charge in [-0.1, -0.05) is 13.8 Å². The molecule has 1 fully saturated rings. The number of Topliss-reactive ketones (excluding diaryl/α,β-unsaturated/α-hetero) is 1. The van der Waals surface area contributed by atoms with Crippen LogP contribution in [0.4, 0.5) is 4.39 Å². The van der Waals surface area contributed by atoms with Crippen LogP contribution in [0.5, 0.6) is 5.75 Å². The molecule has 5 nitrogen and oxygen atoms in total. The molecule has 0 saturated carbocycles. The molecule has 1 amide bonds. The fraction of sp³-hybridized carbons (Fsp3) is 0.579. The first-order valence-corrected chi connectivity index (χ1v) is 8.99. The fourth-order valence-corrected chi connectivity index (χ4v) is 3.75. The van der Waals surface area contributed by atoms with E-state index in [1.54, 1.807) is 0 Å². The zero-order valence-electron chi connectivity index (χ0n) is 14.8. The van der Waals surface area contributed by atoms with Crippen LogP contribution in [0.15, 0.2) is 12.1 Å². The van der Waals surface area contributed by atoms with E-state index in [0.717, 1.165) is 32.5 Å². The normalized spacial score (nSPS) is 21.2. The van der Waals surface area contributed by atoms with Gasteiger partial charge in [-0.3, -0.25) is 9.59 Å². The number of carbonyl (C=O) groups is 2. The van der Waals surface area contributed by atoms with E-state index in [9.17, 15) is 14.0 Å². The summed E-state index contributed by atoms with van der Waals surface area (Å²) >= 11 is 0. The molecule has 0 spiro atoms. The molecule has 1 atom stereocenters. The van der Waals surface area contributed by atoms with Crippen LogP contribution in [0.3, 0.4) is 0 Å². The van der Waals surface area contributed by atoms with E-state index in [2.05, 4.69) is 17.1 Å². The van der Waals surface area contributed by atoms with Crippen LogP contribution < -0.4 is 10.1 Å². The van der Waals surface area contributed by atoms with Crippen LogP contribution in [0.25, 0.3) is 0 Å². The highest BCUT2D eigenvalue weighted by Crippen LogP contribution is 2.39. The molecule has 1 saturated heterocycles. The highest BCUT2D eigenvalue weighted by molar-refractivity contribution is 6.03. The molecule has 0 bridgehead atoms. The zero-order chi connectivity index (χ0) is 18.0. The van der Waals surface area contributed by atoms with Crippen molar-refractivity contribution in [1.29, 1.82) is 0 Å². The summed E-state index contributed by atoms with van der Waals surface area (Å²) in [6.07, 6.45) is 2.15. The highest BCUT2D eigenvalue weighted by atomic mass is 19.1. The van der Waals surface area contributed by atoms with E-state index in [4.69, 9.17) is 4.74 Å². The summed E-state index contributed by atoms with van der Waals surface area (Å²) in [4.78, 5) is 26.6. The third-order valence-corrected chi connectivity index (χ3v) is 5.18. The standard InChI is InChI=1S/C19H25FN2O3/c1-3-22-8-6-13(7-9-22)21-17(24)11-25-16-5-4-14(20)18-12(2)10-15(23)19(16)18/h4-5,12-13H,3,6-11H2,1-2H3,(H,21,24). The van der Waals surface area contributed by atoms with Gasteiger partial charge >= 0.3 is 0 Å². The number of halogens is 1. The molecular formula is C19H25FN2O3. The predicted octanol–water partition coefficient (Wildman–Crippen LogP) is 2.49. The van der Waals surface area contributed by atoms with Crippen LogP contribution in [0.1, 0.15) is 54.9 Å². The summed E-state index contributed by atoms with van der Waals surface area (Å²) in [5.74, 6) is -0.547. The number of fused-ring (bicyclic) bond motifs is 1. The van der Waals surface area contributed by atoms with Gasteiger partial charge in [-0.05, 0) is 37.4 Å². The Labute approximate surface area is 147 Å². The molecular weight excluding hydrogens is 323 g/mol. The lowest BCUT2D eigenvalue weighted by atomic mass is 10.0. The van der Waals surface area contributed by atoms with Crippen molar-refractivity contribution in [3.05, 3.63) is 29.1 Å². The fourth-order valence-electron chi connectivity index (χ4n) is 3.75. The van der Waals surface area contributed by atoms with Crippen molar-refractivity contribution >= 4 is 11.7 Å². The first-order chi connectivity index (χ1) is 12.0. The molecule has 1 aromatic carbocycles. The average Bonchev–Trinajstić information content (AvgIpc) is 2.90. The maximum Gasteiger partial charge on any atom is 0.258 e. The summed E-state index contributed by atoms with van der Waals surface area (Å²) in [6.45, 7) is 6.81. The minimum absolute atomic E-state index is 0.121. The summed E-state index contributed by atoms with van der Waals surface area (Å²) in [5, 5.41) is 2.98. The monoisotopic (exact) mass is 348 g/mol. The lowest BCUT2D eigenvalue weighted by Crippen LogP contribution is -2.45. The molecule has 1 heterocycles. The number of hydrogen-bond acceptors (Lipinski definition) is 4. The summed E-state index contributed by atoms with van der Waals surface area (Å²) in [6, 6.07) is 2.91. The van der Waals surface area contributed by atoms with Gasteiger partial charge in [-0.2, -0.15) is 0 Å². The Morgan fingerprint density at radius 3 is 2.76 bits per heavy atom. The molecule has 1 N–H and O–H groups in total. The average molecular weight is 348 g/mol. The van der Waals surface area contributed by atoms with Gasteiger partial charge in [-0.15, -0.1) is 0 Å². The molecule has 136 valence electrons. The van der Waals surface area contributed by atoms with E-state index < -0.39 is 0 Å². The van der Waals surface area contributed by atoms with E-state index in [1.807, 2.05) is 6.92 Å². The van der Waals surface area contributed by atoms with Crippen molar-refractivity contribution in [2.45, 2.75) is 45.1 Å². The molecule has 25 heavy (non-hydrogen) atoms. The second-order valence-electron chi connectivity index (χ2n) is 6.93. The van der Waals surface area contributed by atoms with Crippen molar-refractivity contribution in [2.24, 2.45) is 0 Å². The number of amides is 1. The molecule has 6 heteroatoms. The number of carbonyl (C=O) groups excluding carboxylic acids is 2. The van der Waals surface area contributed by atoms with Crippen LogP contribution in [0.2, 0.25) is 0 Å². The third-order valence-electron chi connectivity index (χ3n) is 5.18. The van der Waals surface area contributed by atoms with Gasteiger partial charge in [0.1, 0.15) is 11.6 Å². The summed E-state index contributed by atoms with van der Waals surface area (Å²) in [5.41, 5.74) is 0.714. The number of nitrogens with one attached hydrogen (secondary N) is 1. The highest BCUT2D eigenvalue weighted by Gasteiger charge is 2.32. The Balaban J connectivity index is 1.58. The SMILES string of the molecule is CCN1CCC(NC(=O)COc2ccc(F)c3c2C(=O)CC3C)CC1. The summed E-state index contributed by atoms with van der Waals surface area (Å²) < 4.78 is 19.5. The molecule has 2 aliphatic rings. The molecule has 1 aliphatic carbocycles. The maximum absolute atomic E-state index is 14.0. The minimum atomic E-state index is -0.382. The Bertz CT molecular complexity index is 669. The minimum Gasteiger partial charge on any atom is -0.483 e. The van der Waals surface area contributed by atoms with Gasteiger partial charge in [0.15, 0.2) is 12.4 Å².